The van der Waals surface area contributed by atoms with Crippen LogP contribution < -0.4 is 0 Å². The zero-order valence-corrected chi connectivity index (χ0v) is 12.4. The molecule has 1 heterocycles. The number of nitrogens with one attached hydrogen (secondary N) is 1. The normalized spacial score (nSPS) is 16.4. The Morgan fingerprint density at radius 1 is 1.05 bits per heavy atom. The first-order chi connectivity index (χ1) is 10.7. The number of para-hydroxylation sites is 1. The maximum Gasteiger partial charge on any atom is 0.337 e. The molecule has 0 radical (unpaired) electrons. The summed E-state index contributed by atoms with van der Waals surface area (Å²) in [5.74, 6) is -0.226. The molecule has 1 aliphatic rings. The molecule has 3 heteroatoms. The second-order valence-corrected chi connectivity index (χ2v) is 6.30. The minimum absolute atomic E-state index is 0.341. The molecule has 22 heavy (non-hydrogen) atoms. The molecule has 4 rings (SSSR count). The van der Waals surface area contributed by atoms with Crippen molar-refractivity contribution < 1.29 is 9.90 Å². The first-order valence-corrected chi connectivity index (χ1v) is 8.01. The number of H-pyrrole nitrogens is 1. The summed E-state index contributed by atoms with van der Waals surface area (Å²) < 4.78 is 0. The Morgan fingerprint density at radius 3 is 2.64 bits per heavy atom. The predicted molar refractivity (Wildman–Crippen MR) is 88.6 cm³/mol. The molecule has 0 amide bonds. The maximum absolute atomic E-state index is 11.4. The number of hydrogen-bond donors (Lipinski definition) is 2. The van der Waals surface area contributed by atoms with E-state index in [0.717, 1.165) is 21.8 Å². The van der Waals surface area contributed by atoms with E-state index >= 15 is 0 Å². The fraction of sp³-hybridized carbons (Fsp3) is 0.316. The van der Waals surface area contributed by atoms with Gasteiger partial charge in [0.1, 0.15) is 0 Å². The van der Waals surface area contributed by atoms with E-state index in [4.69, 9.17) is 0 Å². The fourth-order valence-electron chi connectivity index (χ4n) is 3.81. The standard InChI is InChI=1S/C19H19NO2/c21-19(22)15-8-4-7-14-16-11-13(12-5-2-1-3-6-12)9-10-17(16)20-18(14)15/h4,7-12,20H,1-3,5-6H2,(H,21,22). The van der Waals surface area contributed by atoms with Crippen LogP contribution in [0.1, 0.15) is 53.9 Å². The van der Waals surface area contributed by atoms with Crippen molar-refractivity contribution in [3.05, 3.63) is 47.5 Å². The van der Waals surface area contributed by atoms with Gasteiger partial charge in [0.15, 0.2) is 0 Å². The smallest absolute Gasteiger partial charge is 0.337 e. The van der Waals surface area contributed by atoms with E-state index in [1.54, 1.807) is 6.07 Å². The lowest BCUT2D eigenvalue weighted by atomic mass is 9.84. The van der Waals surface area contributed by atoms with Gasteiger partial charge in [0.2, 0.25) is 0 Å². The van der Waals surface area contributed by atoms with Gasteiger partial charge in [0, 0.05) is 16.3 Å². The van der Waals surface area contributed by atoms with Gasteiger partial charge in [-0.05, 0) is 42.5 Å². The molecule has 2 aromatic carbocycles. The summed E-state index contributed by atoms with van der Waals surface area (Å²) in [5, 5.41) is 11.5. The van der Waals surface area contributed by atoms with E-state index < -0.39 is 5.97 Å². The molecule has 0 spiro atoms. The number of carboxylic acids is 1. The van der Waals surface area contributed by atoms with Crippen LogP contribution in [-0.4, -0.2) is 16.1 Å². The highest BCUT2D eigenvalue weighted by molar-refractivity contribution is 6.13. The van der Waals surface area contributed by atoms with Gasteiger partial charge in [-0.3, -0.25) is 0 Å². The van der Waals surface area contributed by atoms with Gasteiger partial charge in [-0.15, -0.1) is 0 Å². The van der Waals surface area contributed by atoms with Crippen LogP contribution in [0.2, 0.25) is 0 Å². The van der Waals surface area contributed by atoms with Crippen LogP contribution in [0.5, 0.6) is 0 Å². The topological polar surface area (TPSA) is 53.1 Å². The summed E-state index contributed by atoms with van der Waals surface area (Å²) in [7, 11) is 0. The van der Waals surface area contributed by atoms with Crippen molar-refractivity contribution in [2.45, 2.75) is 38.0 Å². The molecule has 112 valence electrons. The molecule has 1 aromatic heterocycles. The zero-order chi connectivity index (χ0) is 15.1. The first kappa shape index (κ1) is 13.4. The summed E-state index contributed by atoms with van der Waals surface area (Å²) >= 11 is 0. The van der Waals surface area contributed by atoms with Gasteiger partial charge in [-0.1, -0.05) is 37.5 Å². The molecule has 0 aliphatic heterocycles. The second-order valence-electron chi connectivity index (χ2n) is 6.30. The number of aromatic carboxylic acids is 1. The zero-order valence-electron chi connectivity index (χ0n) is 12.4. The van der Waals surface area contributed by atoms with Crippen LogP contribution >= 0.6 is 0 Å². The molecule has 1 aliphatic carbocycles. The maximum atomic E-state index is 11.4. The fourth-order valence-corrected chi connectivity index (χ4v) is 3.81. The quantitative estimate of drug-likeness (QED) is 0.693. The Labute approximate surface area is 129 Å². The summed E-state index contributed by atoms with van der Waals surface area (Å²) in [6.45, 7) is 0. The van der Waals surface area contributed by atoms with Crippen LogP contribution in [0.25, 0.3) is 21.8 Å². The number of hydrogen-bond acceptors (Lipinski definition) is 1. The van der Waals surface area contributed by atoms with Crippen LogP contribution in [0.15, 0.2) is 36.4 Å². The van der Waals surface area contributed by atoms with E-state index in [9.17, 15) is 9.90 Å². The molecule has 1 saturated carbocycles. The van der Waals surface area contributed by atoms with Crippen molar-refractivity contribution in [3.8, 4) is 0 Å². The lowest BCUT2D eigenvalue weighted by Gasteiger charge is -2.22. The van der Waals surface area contributed by atoms with Gasteiger partial charge in [0.05, 0.1) is 11.1 Å². The Hall–Kier alpha value is -2.29. The average molecular weight is 293 g/mol. The highest BCUT2D eigenvalue weighted by atomic mass is 16.4. The molecule has 3 aromatic rings. The average Bonchev–Trinajstić information content (AvgIpc) is 2.93. The molecule has 0 bridgehead atoms. The SMILES string of the molecule is O=C(O)c1cccc2c1[nH]c1ccc(C3CCCCC3)cc12. The van der Waals surface area contributed by atoms with E-state index in [0.29, 0.717) is 11.5 Å². The minimum Gasteiger partial charge on any atom is -0.478 e. The minimum atomic E-state index is -0.885. The van der Waals surface area contributed by atoms with E-state index in [1.165, 1.54) is 37.7 Å². The van der Waals surface area contributed by atoms with Crippen molar-refractivity contribution in [1.29, 1.82) is 0 Å². The van der Waals surface area contributed by atoms with Crippen LogP contribution in [0.3, 0.4) is 0 Å². The summed E-state index contributed by atoms with van der Waals surface area (Å²) in [4.78, 5) is 14.7. The monoisotopic (exact) mass is 293 g/mol. The lowest BCUT2D eigenvalue weighted by molar-refractivity contribution is 0.0699. The van der Waals surface area contributed by atoms with Gasteiger partial charge < -0.3 is 10.1 Å². The lowest BCUT2D eigenvalue weighted by Crippen LogP contribution is -2.04. The summed E-state index contributed by atoms with van der Waals surface area (Å²) in [5.41, 5.74) is 3.48. The van der Waals surface area contributed by atoms with Crippen molar-refractivity contribution in [1.82, 2.24) is 4.98 Å². The third-order valence-corrected chi connectivity index (χ3v) is 4.96. The largest absolute Gasteiger partial charge is 0.478 e. The van der Waals surface area contributed by atoms with Crippen molar-refractivity contribution in [2.75, 3.05) is 0 Å². The highest BCUT2D eigenvalue weighted by Gasteiger charge is 2.17. The van der Waals surface area contributed by atoms with Gasteiger partial charge >= 0.3 is 5.97 Å². The molecule has 0 atom stereocenters. The highest BCUT2D eigenvalue weighted by Crippen LogP contribution is 2.36. The van der Waals surface area contributed by atoms with Crippen LogP contribution in [0, 0.1) is 0 Å². The third-order valence-electron chi connectivity index (χ3n) is 4.96. The molecular formula is C19H19NO2. The first-order valence-electron chi connectivity index (χ1n) is 8.01. The molecule has 1 fully saturated rings. The van der Waals surface area contributed by atoms with Crippen molar-refractivity contribution in [3.63, 3.8) is 0 Å². The van der Waals surface area contributed by atoms with Crippen molar-refractivity contribution >= 4 is 27.8 Å². The van der Waals surface area contributed by atoms with Gasteiger partial charge in [-0.2, -0.15) is 0 Å². The second kappa shape index (κ2) is 5.16. The number of carboxylic acid groups (broad SMARTS) is 1. The Bertz CT molecular complexity index is 856. The predicted octanol–water partition coefficient (Wildman–Crippen LogP) is 5.07. The van der Waals surface area contributed by atoms with Crippen LogP contribution in [-0.2, 0) is 0 Å². The number of aromatic amines is 1. The number of carbonyl (C=O) groups is 1. The number of fused-ring (bicyclic) bond motifs is 3. The molecular weight excluding hydrogens is 274 g/mol. The van der Waals surface area contributed by atoms with E-state index in [1.807, 2.05) is 12.1 Å². The third kappa shape index (κ3) is 2.08. The van der Waals surface area contributed by atoms with Crippen LogP contribution in [0.4, 0.5) is 0 Å². The van der Waals surface area contributed by atoms with Crippen molar-refractivity contribution in [2.24, 2.45) is 0 Å². The van der Waals surface area contributed by atoms with E-state index in [2.05, 4.69) is 23.2 Å². The molecule has 3 nitrogen and oxygen atoms in total. The Balaban J connectivity index is 1.90. The summed E-state index contributed by atoms with van der Waals surface area (Å²) in [6, 6.07) is 12.1. The molecule has 0 unspecified atom stereocenters. The van der Waals surface area contributed by atoms with E-state index in [-0.39, 0.29) is 0 Å². The molecule has 0 saturated heterocycles. The van der Waals surface area contributed by atoms with Gasteiger partial charge in [-0.25, -0.2) is 4.79 Å². The Kier molecular flexibility index (Phi) is 3.14. The number of aromatic nitrogens is 1. The number of benzene rings is 2. The Morgan fingerprint density at radius 2 is 1.86 bits per heavy atom. The number of rotatable bonds is 2. The van der Waals surface area contributed by atoms with Gasteiger partial charge in [0.25, 0.3) is 0 Å². The molecule has 2 N–H and O–H groups in total. The summed E-state index contributed by atoms with van der Waals surface area (Å²) in [6.07, 6.45) is 6.54.